The van der Waals surface area contributed by atoms with Crippen molar-refractivity contribution in [3.8, 4) is 0 Å². The lowest BCUT2D eigenvalue weighted by Crippen LogP contribution is -2.46. The Kier molecular flexibility index (Phi) is 13.0. The number of sulfonamides is 1. The summed E-state index contributed by atoms with van der Waals surface area (Å²) in [5.41, 5.74) is 0. The van der Waals surface area contributed by atoms with Crippen molar-refractivity contribution >= 4 is 40.0 Å². The minimum absolute atomic E-state index is 0. The summed E-state index contributed by atoms with van der Waals surface area (Å²) in [6.07, 6.45) is 3.06. The molecule has 0 aromatic carbocycles. The molecule has 2 unspecified atom stereocenters. The molecule has 1 rings (SSSR count). The van der Waals surface area contributed by atoms with Gasteiger partial charge in [-0.2, -0.15) is 0 Å². The highest BCUT2D eigenvalue weighted by molar-refractivity contribution is 14.0. The minimum Gasteiger partial charge on any atom is -0.383 e. The Morgan fingerprint density at radius 2 is 2.17 bits per heavy atom. The molecule has 0 bridgehead atoms. The third-order valence-corrected chi connectivity index (χ3v) is 4.84. The molecule has 0 aromatic heterocycles. The molecule has 1 fully saturated rings. The van der Waals surface area contributed by atoms with Crippen LogP contribution in [0.25, 0.3) is 0 Å². The van der Waals surface area contributed by atoms with E-state index in [4.69, 9.17) is 9.47 Å². The number of nitrogens with zero attached hydrogens (tertiary/aromatic N) is 1. The van der Waals surface area contributed by atoms with Crippen LogP contribution < -0.4 is 15.4 Å². The lowest BCUT2D eigenvalue weighted by molar-refractivity contribution is 0.0200. The van der Waals surface area contributed by atoms with E-state index in [2.05, 4.69) is 20.3 Å². The lowest BCUT2D eigenvalue weighted by Gasteiger charge is -2.22. The predicted molar refractivity (Wildman–Crippen MR) is 107 cm³/mol. The van der Waals surface area contributed by atoms with E-state index in [0.29, 0.717) is 19.1 Å². The van der Waals surface area contributed by atoms with E-state index in [1.165, 1.54) is 0 Å². The number of nitrogens with one attached hydrogen (secondary N) is 3. The van der Waals surface area contributed by atoms with Gasteiger partial charge >= 0.3 is 0 Å². The van der Waals surface area contributed by atoms with E-state index in [1.807, 2.05) is 6.92 Å². The molecule has 1 aliphatic heterocycles. The second-order valence-electron chi connectivity index (χ2n) is 5.66. The number of hydrogen-bond acceptors (Lipinski definition) is 5. The van der Waals surface area contributed by atoms with Gasteiger partial charge in [-0.25, -0.2) is 13.1 Å². The van der Waals surface area contributed by atoms with Crippen LogP contribution in [0.15, 0.2) is 4.99 Å². The zero-order valence-electron chi connectivity index (χ0n) is 14.7. The summed E-state index contributed by atoms with van der Waals surface area (Å²) < 4.78 is 37.1. The topological polar surface area (TPSA) is 101 Å². The monoisotopic (exact) mass is 478 g/mol. The normalized spacial score (nSPS) is 20.1. The summed E-state index contributed by atoms with van der Waals surface area (Å²) in [6, 6.07) is 0.0874. The molecule has 0 radical (unpaired) electrons. The molecule has 3 N–H and O–H groups in total. The van der Waals surface area contributed by atoms with Gasteiger partial charge in [0.1, 0.15) is 0 Å². The molecule has 2 atom stereocenters. The fourth-order valence-electron chi connectivity index (χ4n) is 2.28. The van der Waals surface area contributed by atoms with Crippen molar-refractivity contribution in [1.82, 2.24) is 15.4 Å². The van der Waals surface area contributed by atoms with Gasteiger partial charge in [0.05, 0.1) is 18.5 Å². The van der Waals surface area contributed by atoms with E-state index in [1.54, 1.807) is 14.2 Å². The zero-order chi connectivity index (χ0) is 17.1. The van der Waals surface area contributed by atoms with E-state index < -0.39 is 10.0 Å². The molecule has 8 nitrogen and oxygen atoms in total. The van der Waals surface area contributed by atoms with Crippen molar-refractivity contribution < 1.29 is 17.9 Å². The Hall–Kier alpha value is -0.170. The number of hydrogen-bond donors (Lipinski definition) is 3. The third-order valence-electron chi connectivity index (χ3n) is 3.49. The number of halogens is 1. The Bertz CT molecular complexity index is 456. The highest BCUT2D eigenvalue weighted by Gasteiger charge is 2.17. The van der Waals surface area contributed by atoms with Crippen LogP contribution >= 0.6 is 24.0 Å². The van der Waals surface area contributed by atoms with Crippen LogP contribution in [-0.4, -0.2) is 72.7 Å². The van der Waals surface area contributed by atoms with Crippen molar-refractivity contribution in [3.05, 3.63) is 0 Å². The first-order valence-corrected chi connectivity index (χ1v) is 9.67. The smallest absolute Gasteiger partial charge is 0.213 e. The van der Waals surface area contributed by atoms with Crippen molar-refractivity contribution in [1.29, 1.82) is 0 Å². The third kappa shape index (κ3) is 10.6. The summed E-state index contributed by atoms with van der Waals surface area (Å²) >= 11 is 0. The molecular formula is C14H31IN4O4S. The minimum atomic E-state index is -3.32. The maximum absolute atomic E-state index is 12.0. The molecule has 0 spiro atoms. The van der Waals surface area contributed by atoms with Gasteiger partial charge < -0.3 is 20.1 Å². The highest BCUT2D eigenvalue weighted by Crippen LogP contribution is 2.11. The van der Waals surface area contributed by atoms with Crippen LogP contribution in [0.4, 0.5) is 0 Å². The molecule has 24 heavy (non-hydrogen) atoms. The second kappa shape index (κ2) is 13.1. The van der Waals surface area contributed by atoms with Gasteiger partial charge in [0.25, 0.3) is 0 Å². The molecule has 1 saturated heterocycles. The van der Waals surface area contributed by atoms with Gasteiger partial charge in [-0.15, -0.1) is 24.0 Å². The molecule has 1 aliphatic rings. The number of rotatable bonds is 9. The Morgan fingerprint density at radius 1 is 1.42 bits per heavy atom. The predicted octanol–water partition coefficient (Wildman–Crippen LogP) is 0.293. The second-order valence-corrected chi connectivity index (χ2v) is 7.58. The molecule has 0 saturated carbocycles. The molecule has 0 aliphatic carbocycles. The quantitative estimate of drug-likeness (QED) is 0.250. The molecule has 1 heterocycles. The molecule has 0 aromatic rings. The number of methoxy groups -OCH3 is 1. The summed E-state index contributed by atoms with van der Waals surface area (Å²) in [5.74, 6) is 0.541. The number of ether oxygens (including phenoxy) is 2. The molecule has 0 amide bonds. The van der Waals surface area contributed by atoms with Crippen molar-refractivity contribution in [2.45, 2.75) is 38.3 Å². The standard InChI is InChI=1S/C14H30N4O4S.HI/c1-12(11-21-3)18-14(15-2)16-7-9-23(19,20)17-10-13-6-4-5-8-22-13;/h12-13,17H,4-11H2,1-3H3,(H2,15,16,18);1H. The maximum atomic E-state index is 12.0. The van der Waals surface area contributed by atoms with E-state index in [-0.39, 0.29) is 48.4 Å². The van der Waals surface area contributed by atoms with Crippen LogP contribution in [-0.2, 0) is 19.5 Å². The maximum Gasteiger partial charge on any atom is 0.213 e. The van der Waals surface area contributed by atoms with Crippen LogP contribution in [0.5, 0.6) is 0 Å². The molecule has 10 heteroatoms. The molecule has 144 valence electrons. The van der Waals surface area contributed by atoms with Gasteiger partial charge in [0.2, 0.25) is 10.0 Å². The lowest BCUT2D eigenvalue weighted by atomic mass is 10.1. The van der Waals surface area contributed by atoms with Gasteiger partial charge in [-0.05, 0) is 26.2 Å². The molecular weight excluding hydrogens is 447 g/mol. The SMILES string of the molecule is CN=C(NCCS(=O)(=O)NCC1CCCCO1)NC(C)COC.I. The van der Waals surface area contributed by atoms with E-state index >= 15 is 0 Å². The van der Waals surface area contributed by atoms with Crippen molar-refractivity contribution in [2.75, 3.05) is 46.2 Å². The Morgan fingerprint density at radius 3 is 2.75 bits per heavy atom. The van der Waals surface area contributed by atoms with E-state index in [9.17, 15) is 8.42 Å². The van der Waals surface area contributed by atoms with Gasteiger partial charge in [-0.3, -0.25) is 4.99 Å². The zero-order valence-corrected chi connectivity index (χ0v) is 17.9. The average Bonchev–Trinajstić information content (AvgIpc) is 2.53. The summed E-state index contributed by atoms with van der Waals surface area (Å²) in [4.78, 5) is 4.05. The largest absolute Gasteiger partial charge is 0.383 e. The fourth-order valence-corrected chi connectivity index (χ4v) is 3.24. The van der Waals surface area contributed by atoms with Crippen molar-refractivity contribution in [3.63, 3.8) is 0 Å². The van der Waals surface area contributed by atoms with Gasteiger partial charge in [0, 0.05) is 39.9 Å². The Balaban J connectivity index is 0.00000529. The van der Waals surface area contributed by atoms with Gasteiger partial charge in [0.15, 0.2) is 5.96 Å². The van der Waals surface area contributed by atoms with Crippen molar-refractivity contribution in [2.24, 2.45) is 4.99 Å². The van der Waals surface area contributed by atoms with Crippen LogP contribution in [0, 0.1) is 0 Å². The fraction of sp³-hybridized carbons (Fsp3) is 0.929. The number of guanidine groups is 1. The summed E-state index contributed by atoms with van der Waals surface area (Å²) in [7, 11) is -0.0550. The van der Waals surface area contributed by atoms with E-state index in [0.717, 1.165) is 25.9 Å². The highest BCUT2D eigenvalue weighted by atomic mass is 127. The first-order valence-electron chi connectivity index (χ1n) is 8.02. The first kappa shape index (κ1) is 23.8. The Labute approximate surface area is 162 Å². The average molecular weight is 478 g/mol. The first-order chi connectivity index (χ1) is 11.0. The van der Waals surface area contributed by atoms with Crippen LogP contribution in [0.2, 0.25) is 0 Å². The number of aliphatic imine (C=N–C) groups is 1. The van der Waals surface area contributed by atoms with Crippen LogP contribution in [0.1, 0.15) is 26.2 Å². The summed E-state index contributed by atoms with van der Waals surface area (Å²) in [5, 5.41) is 6.10. The van der Waals surface area contributed by atoms with Gasteiger partial charge in [-0.1, -0.05) is 0 Å². The summed E-state index contributed by atoms with van der Waals surface area (Å²) in [6.45, 7) is 3.84. The van der Waals surface area contributed by atoms with Crippen LogP contribution in [0.3, 0.4) is 0 Å².